The van der Waals surface area contributed by atoms with Crippen molar-refractivity contribution in [1.29, 1.82) is 0 Å². The molecule has 2 rings (SSSR count). The second-order valence-electron chi connectivity index (χ2n) is 6.68. The van der Waals surface area contributed by atoms with Crippen LogP contribution in [0.25, 0.3) is 0 Å². The van der Waals surface area contributed by atoms with E-state index in [2.05, 4.69) is 38.0 Å². The Morgan fingerprint density at radius 1 is 1.32 bits per heavy atom. The Balaban J connectivity index is 2.01. The Hall–Kier alpha value is -0.930. The van der Waals surface area contributed by atoms with E-state index in [1.807, 2.05) is 12.1 Å². The van der Waals surface area contributed by atoms with Gasteiger partial charge in [-0.3, -0.25) is 4.90 Å². The van der Waals surface area contributed by atoms with Crippen molar-refractivity contribution in [3.8, 4) is 0 Å². The van der Waals surface area contributed by atoms with E-state index in [0.29, 0.717) is 12.6 Å². The van der Waals surface area contributed by atoms with Crippen LogP contribution < -0.4 is 5.32 Å². The minimum Gasteiger partial charge on any atom is -0.308 e. The maximum absolute atomic E-state index is 13.8. The minimum atomic E-state index is -0.0907. The van der Waals surface area contributed by atoms with Gasteiger partial charge in [-0.25, -0.2) is 4.39 Å². The van der Waals surface area contributed by atoms with E-state index >= 15 is 0 Å². The molecule has 0 aromatic heterocycles. The van der Waals surface area contributed by atoms with Crippen molar-refractivity contribution in [3.63, 3.8) is 0 Å². The van der Waals surface area contributed by atoms with E-state index in [0.717, 1.165) is 17.7 Å². The molecule has 2 nitrogen and oxygen atoms in total. The molecule has 1 N–H and O–H groups in total. The number of nitrogens with zero attached hydrogens (tertiary/aromatic N) is 1. The highest BCUT2D eigenvalue weighted by molar-refractivity contribution is 5.25. The Labute approximate surface area is 116 Å². The number of hydrogen-bond acceptors (Lipinski definition) is 2. The first-order valence-electron chi connectivity index (χ1n) is 7.08. The molecular formula is C16H25FN2. The molecule has 3 heteroatoms. The SMILES string of the molecule is CN(Cc1cc(CNC(C)(C)C)ccc1F)C1CC1. The molecule has 1 aromatic carbocycles. The van der Waals surface area contributed by atoms with Crippen molar-refractivity contribution >= 4 is 0 Å². The molecule has 0 saturated heterocycles. The van der Waals surface area contributed by atoms with Crippen molar-refractivity contribution in [2.24, 2.45) is 0 Å². The predicted octanol–water partition coefficient (Wildman–Crippen LogP) is 3.31. The highest BCUT2D eigenvalue weighted by Gasteiger charge is 2.26. The van der Waals surface area contributed by atoms with Gasteiger partial charge in [-0.05, 0) is 52.3 Å². The third-order valence-corrected chi connectivity index (χ3v) is 3.52. The zero-order chi connectivity index (χ0) is 14.0. The number of rotatable bonds is 5. The van der Waals surface area contributed by atoms with Crippen LogP contribution in [0.2, 0.25) is 0 Å². The van der Waals surface area contributed by atoms with Gasteiger partial charge in [-0.1, -0.05) is 12.1 Å². The number of halogens is 1. The average Bonchev–Trinajstić information content (AvgIpc) is 3.13. The summed E-state index contributed by atoms with van der Waals surface area (Å²) >= 11 is 0. The second kappa shape index (κ2) is 5.59. The molecule has 0 atom stereocenters. The summed E-state index contributed by atoms with van der Waals surface area (Å²) < 4.78 is 13.8. The van der Waals surface area contributed by atoms with Gasteiger partial charge < -0.3 is 5.32 Å². The van der Waals surface area contributed by atoms with Crippen LogP contribution in [0.15, 0.2) is 18.2 Å². The zero-order valence-electron chi connectivity index (χ0n) is 12.5. The molecule has 0 aliphatic heterocycles. The van der Waals surface area contributed by atoms with Gasteiger partial charge in [0.15, 0.2) is 0 Å². The average molecular weight is 264 g/mol. The normalized spacial score (nSPS) is 16.1. The standard InChI is InChI=1S/C16H25FN2/c1-16(2,3)18-10-12-5-8-15(17)13(9-12)11-19(4)14-6-7-14/h5,8-9,14,18H,6-7,10-11H2,1-4H3. The molecule has 0 unspecified atom stereocenters. The zero-order valence-corrected chi connectivity index (χ0v) is 12.5. The summed E-state index contributed by atoms with van der Waals surface area (Å²) in [5.74, 6) is -0.0907. The smallest absolute Gasteiger partial charge is 0.127 e. The van der Waals surface area contributed by atoms with Crippen molar-refractivity contribution in [2.45, 2.75) is 58.3 Å². The summed E-state index contributed by atoms with van der Waals surface area (Å²) in [4.78, 5) is 2.25. The Morgan fingerprint density at radius 3 is 2.58 bits per heavy atom. The summed E-state index contributed by atoms with van der Waals surface area (Å²) in [5.41, 5.74) is 2.04. The molecule has 106 valence electrons. The van der Waals surface area contributed by atoms with Crippen LogP contribution >= 0.6 is 0 Å². The fourth-order valence-corrected chi connectivity index (χ4v) is 2.14. The molecule has 19 heavy (non-hydrogen) atoms. The third-order valence-electron chi connectivity index (χ3n) is 3.52. The van der Waals surface area contributed by atoms with Crippen LogP contribution in [0.3, 0.4) is 0 Å². The largest absolute Gasteiger partial charge is 0.308 e. The first kappa shape index (κ1) is 14.5. The molecule has 0 heterocycles. The summed E-state index contributed by atoms with van der Waals surface area (Å²) in [6, 6.07) is 6.12. The monoisotopic (exact) mass is 264 g/mol. The molecule has 1 aromatic rings. The van der Waals surface area contributed by atoms with Crippen LogP contribution in [-0.2, 0) is 13.1 Å². The lowest BCUT2D eigenvalue weighted by Gasteiger charge is -2.21. The molecule has 1 saturated carbocycles. The highest BCUT2D eigenvalue weighted by atomic mass is 19.1. The number of nitrogens with one attached hydrogen (secondary N) is 1. The van der Waals surface area contributed by atoms with Crippen LogP contribution in [0.4, 0.5) is 4.39 Å². The van der Waals surface area contributed by atoms with Gasteiger partial charge in [-0.2, -0.15) is 0 Å². The van der Waals surface area contributed by atoms with Crippen LogP contribution in [0.1, 0.15) is 44.7 Å². The maximum atomic E-state index is 13.8. The molecule has 1 aliphatic rings. The topological polar surface area (TPSA) is 15.3 Å². The minimum absolute atomic E-state index is 0.0827. The predicted molar refractivity (Wildman–Crippen MR) is 77.5 cm³/mol. The number of hydrogen-bond donors (Lipinski definition) is 1. The molecule has 0 radical (unpaired) electrons. The van der Waals surface area contributed by atoms with Gasteiger partial charge in [0.2, 0.25) is 0 Å². The van der Waals surface area contributed by atoms with Gasteiger partial charge in [0.1, 0.15) is 5.82 Å². The van der Waals surface area contributed by atoms with E-state index < -0.39 is 0 Å². The van der Waals surface area contributed by atoms with E-state index in [-0.39, 0.29) is 11.4 Å². The van der Waals surface area contributed by atoms with Gasteiger partial charge in [0.05, 0.1) is 0 Å². The Bertz CT molecular complexity index is 433. The second-order valence-corrected chi connectivity index (χ2v) is 6.68. The quantitative estimate of drug-likeness (QED) is 0.877. The van der Waals surface area contributed by atoms with Gasteiger partial charge in [-0.15, -0.1) is 0 Å². The van der Waals surface area contributed by atoms with Crippen molar-refractivity contribution in [1.82, 2.24) is 10.2 Å². The van der Waals surface area contributed by atoms with E-state index in [9.17, 15) is 4.39 Å². The molecular weight excluding hydrogens is 239 g/mol. The van der Waals surface area contributed by atoms with Crippen molar-refractivity contribution in [2.75, 3.05) is 7.05 Å². The van der Waals surface area contributed by atoms with E-state index in [4.69, 9.17) is 0 Å². The van der Waals surface area contributed by atoms with Gasteiger partial charge in [0, 0.05) is 30.2 Å². The summed E-state index contributed by atoms with van der Waals surface area (Å²) in [7, 11) is 2.08. The van der Waals surface area contributed by atoms with Crippen molar-refractivity contribution in [3.05, 3.63) is 35.1 Å². The Morgan fingerprint density at radius 2 is 2.00 bits per heavy atom. The third kappa shape index (κ3) is 4.59. The lowest BCUT2D eigenvalue weighted by Crippen LogP contribution is -2.35. The summed E-state index contributed by atoms with van der Waals surface area (Å²) in [5, 5.41) is 3.44. The summed E-state index contributed by atoms with van der Waals surface area (Å²) in [6.07, 6.45) is 2.51. The first-order valence-corrected chi connectivity index (χ1v) is 7.08. The molecule has 0 amide bonds. The lowest BCUT2D eigenvalue weighted by molar-refractivity contribution is 0.311. The van der Waals surface area contributed by atoms with Crippen LogP contribution in [0.5, 0.6) is 0 Å². The molecule has 1 aliphatic carbocycles. The van der Waals surface area contributed by atoms with Crippen LogP contribution in [0, 0.1) is 5.82 Å². The highest BCUT2D eigenvalue weighted by Crippen LogP contribution is 2.27. The Kier molecular flexibility index (Phi) is 4.26. The lowest BCUT2D eigenvalue weighted by atomic mass is 10.1. The fraction of sp³-hybridized carbons (Fsp3) is 0.625. The summed E-state index contributed by atoms with van der Waals surface area (Å²) in [6.45, 7) is 7.90. The van der Waals surface area contributed by atoms with Crippen molar-refractivity contribution < 1.29 is 4.39 Å². The molecule has 1 fully saturated rings. The number of benzene rings is 1. The van der Waals surface area contributed by atoms with Crippen LogP contribution in [-0.4, -0.2) is 23.5 Å². The van der Waals surface area contributed by atoms with E-state index in [1.165, 1.54) is 12.8 Å². The van der Waals surface area contributed by atoms with E-state index in [1.54, 1.807) is 6.07 Å². The maximum Gasteiger partial charge on any atom is 0.127 e. The molecule has 0 bridgehead atoms. The fourth-order valence-electron chi connectivity index (χ4n) is 2.14. The molecule has 0 spiro atoms. The first-order chi connectivity index (χ1) is 8.85. The van der Waals surface area contributed by atoms with Gasteiger partial charge in [0.25, 0.3) is 0 Å². The van der Waals surface area contributed by atoms with Gasteiger partial charge >= 0.3 is 0 Å².